The summed E-state index contributed by atoms with van der Waals surface area (Å²) in [5.74, 6) is 0.682. The molecule has 118 valence electrons. The van der Waals surface area contributed by atoms with Gasteiger partial charge >= 0.3 is 12.0 Å². The molecule has 1 aromatic rings. The molecule has 1 aromatic heterocycles. The molecule has 2 unspecified atom stereocenters. The number of carbonyl (C=O) groups is 2. The van der Waals surface area contributed by atoms with Crippen molar-refractivity contribution in [1.82, 2.24) is 10.6 Å². The average Bonchev–Trinajstić information content (AvgIpc) is 2.66. The van der Waals surface area contributed by atoms with Crippen LogP contribution >= 0.6 is 0 Å². The van der Waals surface area contributed by atoms with E-state index in [1.54, 1.807) is 0 Å². The first kappa shape index (κ1) is 17.1. The van der Waals surface area contributed by atoms with E-state index in [1.165, 1.54) is 0 Å². The maximum atomic E-state index is 11.9. The molecule has 0 aromatic carbocycles. The number of furan rings is 1. The van der Waals surface area contributed by atoms with E-state index in [4.69, 9.17) is 9.52 Å². The Hall–Kier alpha value is -1.98. The van der Waals surface area contributed by atoms with Gasteiger partial charge in [-0.3, -0.25) is 0 Å². The van der Waals surface area contributed by atoms with Crippen LogP contribution in [-0.2, 0) is 4.79 Å². The number of urea groups is 1. The van der Waals surface area contributed by atoms with Crippen molar-refractivity contribution >= 4 is 12.0 Å². The van der Waals surface area contributed by atoms with Crippen molar-refractivity contribution in [3.8, 4) is 0 Å². The van der Waals surface area contributed by atoms with Crippen LogP contribution in [0.2, 0.25) is 0 Å². The third-order valence-electron chi connectivity index (χ3n) is 3.20. The van der Waals surface area contributed by atoms with Crippen LogP contribution in [0.4, 0.5) is 4.79 Å². The molecule has 0 aliphatic heterocycles. The summed E-state index contributed by atoms with van der Waals surface area (Å²) in [7, 11) is 0. The SMILES string of the molecule is Cc1cc(C(C)NC(=O)NC(CC(C)C)C(=O)O)c(C)o1. The smallest absolute Gasteiger partial charge is 0.326 e. The fraction of sp³-hybridized carbons (Fsp3) is 0.600. The Labute approximate surface area is 124 Å². The van der Waals surface area contributed by atoms with E-state index < -0.39 is 18.0 Å². The van der Waals surface area contributed by atoms with Gasteiger partial charge in [0.25, 0.3) is 0 Å². The predicted molar refractivity (Wildman–Crippen MR) is 79.1 cm³/mol. The maximum absolute atomic E-state index is 11.9. The zero-order valence-electron chi connectivity index (χ0n) is 13.2. The Kier molecular flexibility index (Phi) is 5.81. The number of aryl methyl sites for hydroxylation is 2. The normalized spacial score (nSPS) is 13.8. The number of hydrogen-bond donors (Lipinski definition) is 3. The standard InChI is InChI=1S/C15H24N2O4/c1-8(2)6-13(14(18)19)17-15(20)16-10(4)12-7-9(3)21-11(12)5/h7-8,10,13H,6H2,1-5H3,(H,18,19)(H2,16,17,20). The van der Waals surface area contributed by atoms with Crippen LogP contribution in [0.5, 0.6) is 0 Å². The Morgan fingerprint density at radius 1 is 1.24 bits per heavy atom. The van der Waals surface area contributed by atoms with E-state index in [2.05, 4.69) is 10.6 Å². The van der Waals surface area contributed by atoms with Gasteiger partial charge in [0, 0.05) is 5.56 Å². The first-order chi connectivity index (χ1) is 9.70. The van der Waals surface area contributed by atoms with Gasteiger partial charge < -0.3 is 20.2 Å². The summed E-state index contributed by atoms with van der Waals surface area (Å²) in [6, 6.07) is 0.234. The molecule has 1 heterocycles. The number of carboxylic acid groups (broad SMARTS) is 1. The molecule has 0 fully saturated rings. The van der Waals surface area contributed by atoms with Crippen molar-refractivity contribution in [2.75, 3.05) is 0 Å². The van der Waals surface area contributed by atoms with E-state index in [-0.39, 0.29) is 12.0 Å². The highest BCUT2D eigenvalue weighted by Crippen LogP contribution is 2.21. The lowest BCUT2D eigenvalue weighted by Crippen LogP contribution is -2.47. The highest BCUT2D eigenvalue weighted by molar-refractivity contribution is 5.82. The van der Waals surface area contributed by atoms with Crippen molar-refractivity contribution in [2.24, 2.45) is 5.92 Å². The van der Waals surface area contributed by atoms with Crippen LogP contribution in [0.25, 0.3) is 0 Å². The lowest BCUT2D eigenvalue weighted by atomic mass is 10.0. The number of amides is 2. The van der Waals surface area contributed by atoms with Crippen LogP contribution in [0.3, 0.4) is 0 Å². The number of nitrogens with one attached hydrogen (secondary N) is 2. The Balaban J connectivity index is 2.63. The van der Waals surface area contributed by atoms with E-state index in [0.29, 0.717) is 6.42 Å². The van der Waals surface area contributed by atoms with E-state index in [9.17, 15) is 9.59 Å². The molecule has 21 heavy (non-hydrogen) atoms. The number of hydrogen-bond acceptors (Lipinski definition) is 3. The van der Waals surface area contributed by atoms with Crippen LogP contribution in [-0.4, -0.2) is 23.1 Å². The largest absolute Gasteiger partial charge is 0.480 e. The molecular formula is C15H24N2O4. The summed E-state index contributed by atoms with van der Waals surface area (Å²) in [6.07, 6.45) is 0.390. The van der Waals surface area contributed by atoms with Gasteiger partial charge in [0.2, 0.25) is 0 Å². The minimum atomic E-state index is -1.03. The first-order valence-corrected chi connectivity index (χ1v) is 7.07. The third-order valence-corrected chi connectivity index (χ3v) is 3.20. The lowest BCUT2D eigenvalue weighted by molar-refractivity contribution is -0.139. The molecule has 0 saturated carbocycles. The molecule has 0 saturated heterocycles. The van der Waals surface area contributed by atoms with Crippen molar-refractivity contribution in [3.05, 3.63) is 23.2 Å². The fourth-order valence-corrected chi connectivity index (χ4v) is 2.25. The predicted octanol–water partition coefficient (Wildman–Crippen LogP) is 2.76. The lowest BCUT2D eigenvalue weighted by Gasteiger charge is -2.19. The highest BCUT2D eigenvalue weighted by atomic mass is 16.4. The van der Waals surface area contributed by atoms with Gasteiger partial charge in [0.1, 0.15) is 17.6 Å². The molecule has 2 atom stereocenters. The van der Waals surface area contributed by atoms with Gasteiger partial charge in [0.15, 0.2) is 0 Å². The van der Waals surface area contributed by atoms with Gasteiger partial charge in [0.05, 0.1) is 6.04 Å². The van der Waals surface area contributed by atoms with Crippen molar-refractivity contribution < 1.29 is 19.1 Å². The average molecular weight is 296 g/mol. The number of rotatable bonds is 6. The molecule has 6 nitrogen and oxygen atoms in total. The van der Waals surface area contributed by atoms with Gasteiger partial charge in [-0.05, 0) is 39.2 Å². The minimum absolute atomic E-state index is 0.183. The van der Waals surface area contributed by atoms with Crippen LogP contribution in [0.1, 0.15) is 50.3 Å². The highest BCUT2D eigenvalue weighted by Gasteiger charge is 2.22. The Bertz CT molecular complexity index is 508. The second-order valence-corrected chi connectivity index (χ2v) is 5.73. The molecule has 0 aliphatic carbocycles. The first-order valence-electron chi connectivity index (χ1n) is 7.07. The third kappa shape index (κ3) is 5.13. The number of carbonyl (C=O) groups excluding carboxylic acids is 1. The van der Waals surface area contributed by atoms with Gasteiger partial charge in [-0.25, -0.2) is 9.59 Å². The van der Waals surface area contributed by atoms with Crippen molar-refractivity contribution in [3.63, 3.8) is 0 Å². The topological polar surface area (TPSA) is 91.6 Å². The van der Waals surface area contributed by atoms with Gasteiger partial charge in [-0.1, -0.05) is 13.8 Å². The summed E-state index contributed by atoms with van der Waals surface area (Å²) in [5.41, 5.74) is 0.887. The summed E-state index contributed by atoms with van der Waals surface area (Å²) >= 11 is 0. The van der Waals surface area contributed by atoms with Crippen molar-refractivity contribution in [2.45, 2.75) is 53.1 Å². The van der Waals surface area contributed by atoms with Crippen LogP contribution in [0, 0.1) is 19.8 Å². The van der Waals surface area contributed by atoms with E-state index >= 15 is 0 Å². The summed E-state index contributed by atoms with van der Waals surface area (Å²) < 4.78 is 5.42. The second kappa shape index (κ2) is 7.15. The zero-order chi connectivity index (χ0) is 16.2. The number of carboxylic acids is 1. The quantitative estimate of drug-likeness (QED) is 0.752. The summed E-state index contributed by atoms with van der Waals surface area (Å²) in [5, 5.41) is 14.3. The van der Waals surface area contributed by atoms with Crippen LogP contribution < -0.4 is 10.6 Å². The fourth-order valence-electron chi connectivity index (χ4n) is 2.25. The molecule has 3 N–H and O–H groups in total. The monoisotopic (exact) mass is 296 g/mol. The summed E-state index contributed by atoms with van der Waals surface area (Å²) in [6.45, 7) is 9.32. The molecule has 2 amide bonds. The molecule has 1 rings (SSSR count). The molecular weight excluding hydrogens is 272 g/mol. The van der Waals surface area contributed by atoms with E-state index in [1.807, 2.05) is 40.7 Å². The Morgan fingerprint density at radius 2 is 1.86 bits per heavy atom. The number of aliphatic carboxylic acids is 1. The zero-order valence-corrected chi connectivity index (χ0v) is 13.2. The Morgan fingerprint density at radius 3 is 2.29 bits per heavy atom. The van der Waals surface area contributed by atoms with Gasteiger partial charge in [-0.15, -0.1) is 0 Å². The molecule has 6 heteroatoms. The van der Waals surface area contributed by atoms with Gasteiger partial charge in [-0.2, -0.15) is 0 Å². The maximum Gasteiger partial charge on any atom is 0.326 e. The summed E-state index contributed by atoms with van der Waals surface area (Å²) in [4.78, 5) is 23.1. The van der Waals surface area contributed by atoms with Crippen molar-refractivity contribution in [1.29, 1.82) is 0 Å². The second-order valence-electron chi connectivity index (χ2n) is 5.73. The molecule has 0 bridgehead atoms. The minimum Gasteiger partial charge on any atom is -0.480 e. The molecule has 0 radical (unpaired) electrons. The van der Waals surface area contributed by atoms with E-state index in [0.717, 1.165) is 17.1 Å². The molecule has 0 spiro atoms. The van der Waals surface area contributed by atoms with Crippen LogP contribution in [0.15, 0.2) is 10.5 Å². The molecule has 0 aliphatic rings.